The molecule has 1 saturated carbocycles. The van der Waals surface area contributed by atoms with E-state index in [-0.39, 0.29) is 17.5 Å². The number of nitrogens with one attached hydrogen (secondary N) is 3. The second-order valence-electron chi connectivity index (χ2n) is 5.42. The lowest BCUT2D eigenvalue weighted by molar-refractivity contribution is -0.121. The van der Waals surface area contributed by atoms with Gasteiger partial charge in [0.15, 0.2) is 0 Å². The van der Waals surface area contributed by atoms with Gasteiger partial charge in [0.05, 0.1) is 6.04 Å². The van der Waals surface area contributed by atoms with E-state index in [0.29, 0.717) is 6.54 Å². The fourth-order valence-electron chi connectivity index (χ4n) is 2.23. The van der Waals surface area contributed by atoms with Crippen molar-refractivity contribution in [2.75, 3.05) is 27.2 Å². The third-order valence-electron chi connectivity index (χ3n) is 3.94. The average molecular weight is 270 g/mol. The Kier molecular flexibility index (Phi) is 5.75. The van der Waals surface area contributed by atoms with Crippen molar-refractivity contribution in [3.63, 3.8) is 0 Å². The molecule has 0 radical (unpaired) electrons. The molecule has 0 aromatic heterocycles. The minimum Gasteiger partial charge on any atom is -0.338 e. The molecule has 1 aliphatic carbocycles. The molecular weight excluding hydrogens is 244 g/mol. The maximum atomic E-state index is 11.8. The number of likely N-dealkylation sites (N-methyl/N-ethyl adjacent to an activating group) is 1. The Balaban J connectivity index is 2.36. The summed E-state index contributed by atoms with van der Waals surface area (Å²) in [5.41, 5.74) is 0.167. The van der Waals surface area contributed by atoms with Crippen LogP contribution in [0.2, 0.25) is 0 Å². The lowest BCUT2D eigenvalue weighted by atomic mass is 9.75. The predicted molar refractivity (Wildman–Crippen MR) is 74.9 cm³/mol. The Labute approximate surface area is 115 Å². The highest BCUT2D eigenvalue weighted by Crippen LogP contribution is 2.35. The molecule has 1 fully saturated rings. The molecule has 0 aliphatic heterocycles. The topological polar surface area (TPSA) is 73.5 Å². The van der Waals surface area contributed by atoms with Gasteiger partial charge in [0.2, 0.25) is 5.91 Å². The summed E-state index contributed by atoms with van der Waals surface area (Å²) in [5, 5.41) is 8.07. The molecule has 0 spiro atoms. The largest absolute Gasteiger partial charge is 0.338 e. The molecule has 0 aromatic rings. The van der Waals surface area contributed by atoms with Crippen LogP contribution in [0, 0.1) is 0 Å². The van der Waals surface area contributed by atoms with Crippen LogP contribution in [0.5, 0.6) is 0 Å². The number of carbonyl (C=O) groups excluding carboxylic acids is 2. The number of hydrogen-bond acceptors (Lipinski definition) is 4. The van der Waals surface area contributed by atoms with Crippen molar-refractivity contribution in [2.24, 2.45) is 0 Å². The first kappa shape index (κ1) is 15.9. The third-order valence-corrected chi connectivity index (χ3v) is 3.94. The average Bonchev–Trinajstić information content (AvgIpc) is 2.26. The van der Waals surface area contributed by atoms with Crippen molar-refractivity contribution in [2.45, 2.75) is 44.7 Å². The summed E-state index contributed by atoms with van der Waals surface area (Å²) in [6, 6.07) is -0.813. The Morgan fingerprint density at radius 1 is 1.32 bits per heavy atom. The van der Waals surface area contributed by atoms with Crippen LogP contribution in [-0.2, 0) is 4.79 Å². The standard InChI is InChI=1S/C13H26N4O2/c1-5-14-12(19)16-11(18)10(2)15-9-13(17(3)4)7-6-8-13/h10,15H,5-9H2,1-4H3,(H2,14,16,18,19). The van der Waals surface area contributed by atoms with Gasteiger partial charge in [0.25, 0.3) is 0 Å². The molecule has 3 N–H and O–H groups in total. The summed E-state index contributed by atoms with van der Waals surface area (Å²) in [6.07, 6.45) is 3.54. The maximum Gasteiger partial charge on any atom is 0.321 e. The van der Waals surface area contributed by atoms with Gasteiger partial charge in [-0.05, 0) is 47.2 Å². The van der Waals surface area contributed by atoms with Crippen molar-refractivity contribution in [1.29, 1.82) is 0 Å². The van der Waals surface area contributed by atoms with Crippen LogP contribution >= 0.6 is 0 Å². The Morgan fingerprint density at radius 2 is 1.95 bits per heavy atom. The van der Waals surface area contributed by atoms with E-state index in [0.717, 1.165) is 19.4 Å². The Morgan fingerprint density at radius 3 is 2.37 bits per heavy atom. The lowest BCUT2D eigenvalue weighted by Gasteiger charge is -2.48. The van der Waals surface area contributed by atoms with Gasteiger partial charge < -0.3 is 15.5 Å². The predicted octanol–water partition coefficient (Wildman–Crippen LogP) is 0.295. The zero-order valence-electron chi connectivity index (χ0n) is 12.4. The van der Waals surface area contributed by atoms with Crippen molar-refractivity contribution in [3.8, 4) is 0 Å². The molecule has 0 heterocycles. The smallest absolute Gasteiger partial charge is 0.321 e. The van der Waals surface area contributed by atoms with Crippen molar-refractivity contribution in [1.82, 2.24) is 20.9 Å². The maximum absolute atomic E-state index is 11.8. The van der Waals surface area contributed by atoms with Gasteiger partial charge in [-0.2, -0.15) is 0 Å². The minimum atomic E-state index is -0.438. The van der Waals surface area contributed by atoms with Gasteiger partial charge in [-0.25, -0.2) is 4.79 Å². The first-order chi connectivity index (χ1) is 8.91. The molecular formula is C13H26N4O2. The van der Waals surface area contributed by atoms with E-state index >= 15 is 0 Å². The normalized spacial score (nSPS) is 18.6. The minimum absolute atomic E-state index is 0.167. The van der Waals surface area contributed by atoms with Crippen molar-refractivity contribution in [3.05, 3.63) is 0 Å². The molecule has 6 nitrogen and oxygen atoms in total. The zero-order chi connectivity index (χ0) is 14.5. The van der Waals surface area contributed by atoms with Crippen LogP contribution in [0.25, 0.3) is 0 Å². The number of amides is 3. The van der Waals surface area contributed by atoms with Crippen LogP contribution in [-0.4, -0.2) is 55.6 Å². The number of carbonyl (C=O) groups is 2. The highest BCUT2D eigenvalue weighted by molar-refractivity contribution is 5.96. The fraction of sp³-hybridized carbons (Fsp3) is 0.846. The van der Waals surface area contributed by atoms with Gasteiger partial charge in [0.1, 0.15) is 0 Å². The molecule has 110 valence electrons. The summed E-state index contributed by atoms with van der Waals surface area (Å²) in [6.45, 7) is 4.86. The molecule has 3 amide bonds. The summed E-state index contributed by atoms with van der Waals surface area (Å²) in [4.78, 5) is 25.2. The first-order valence-electron chi connectivity index (χ1n) is 6.91. The molecule has 6 heteroatoms. The molecule has 0 bridgehead atoms. The number of hydrogen-bond donors (Lipinski definition) is 3. The van der Waals surface area contributed by atoms with Gasteiger partial charge in [-0.15, -0.1) is 0 Å². The third kappa shape index (κ3) is 4.18. The lowest BCUT2D eigenvalue weighted by Crippen LogP contribution is -2.59. The van der Waals surface area contributed by atoms with E-state index in [1.54, 1.807) is 6.92 Å². The molecule has 0 aromatic carbocycles. The zero-order valence-corrected chi connectivity index (χ0v) is 12.4. The van der Waals surface area contributed by atoms with Crippen LogP contribution < -0.4 is 16.0 Å². The van der Waals surface area contributed by atoms with E-state index in [1.807, 2.05) is 6.92 Å². The molecule has 19 heavy (non-hydrogen) atoms. The summed E-state index contributed by atoms with van der Waals surface area (Å²) in [7, 11) is 4.14. The quantitative estimate of drug-likeness (QED) is 0.649. The van der Waals surface area contributed by atoms with Crippen LogP contribution in [0.4, 0.5) is 4.79 Å². The van der Waals surface area contributed by atoms with Crippen LogP contribution in [0.3, 0.4) is 0 Å². The van der Waals surface area contributed by atoms with E-state index in [1.165, 1.54) is 6.42 Å². The van der Waals surface area contributed by atoms with Gasteiger partial charge in [-0.3, -0.25) is 10.1 Å². The molecule has 1 unspecified atom stereocenters. The second kappa shape index (κ2) is 6.86. The number of urea groups is 1. The molecule has 1 aliphatic rings. The monoisotopic (exact) mass is 270 g/mol. The number of nitrogens with zero attached hydrogens (tertiary/aromatic N) is 1. The summed E-state index contributed by atoms with van der Waals surface area (Å²) < 4.78 is 0. The van der Waals surface area contributed by atoms with Crippen LogP contribution in [0.15, 0.2) is 0 Å². The van der Waals surface area contributed by atoms with Crippen LogP contribution in [0.1, 0.15) is 33.1 Å². The number of imide groups is 1. The van der Waals surface area contributed by atoms with Gasteiger partial charge in [0, 0.05) is 18.6 Å². The van der Waals surface area contributed by atoms with E-state index < -0.39 is 6.03 Å². The summed E-state index contributed by atoms with van der Waals surface area (Å²) >= 11 is 0. The highest BCUT2D eigenvalue weighted by Gasteiger charge is 2.39. The van der Waals surface area contributed by atoms with E-state index in [9.17, 15) is 9.59 Å². The Hall–Kier alpha value is -1.14. The molecule has 0 saturated heterocycles. The van der Waals surface area contributed by atoms with Crippen molar-refractivity contribution < 1.29 is 9.59 Å². The Bertz CT molecular complexity index is 327. The van der Waals surface area contributed by atoms with E-state index in [2.05, 4.69) is 34.9 Å². The first-order valence-corrected chi connectivity index (χ1v) is 6.91. The number of rotatable bonds is 6. The second-order valence-corrected chi connectivity index (χ2v) is 5.42. The summed E-state index contributed by atoms with van der Waals surface area (Å²) in [5.74, 6) is -0.292. The van der Waals surface area contributed by atoms with Gasteiger partial charge >= 0.3 is 6.03 Å². The molecule has 1 rings (SSSR count). The SMILES string of the molecule is CCNC(=O)NC(=O)C(C)NCC1(N(C)C)CCC1. The fourth-order valence-corrected chi connectivity index (χ4v) is 2.23. The van der Waals surface area contributed by atoms with Crippen molar-refractivity contribution >= 4 is 11.9 Å². The van der Waals surface area contributed by atoms with Gasteiger partial charge in [-0.1, -0.05) is 0 Å². The van der Waals surface area contributed by atoms with E-state index in [4.69, 9.17) is 0 Å². The molecule has 1 atom stereocenters. The highest BCUT2D eigenvalue weighted by atomic mass is 16.2.